The highest BCUT2D eigenvalue weighted by atomic mass is 16.4. The number of benzene rings is 1. The summed E-state index contributed by atoms with van der Waals surface area (Å²) in [4.78, 5) is 0. The first-order chi connectivity index (χ1) is 8.17. The summed E-state index contributed by atoms with van der Waals surface area (Å²) in [5.41, 5.74) is 1.99. The quantitative estimate of drug-likeness (QED) is 0.715. The van der Waals surface area contributed by atoms with Gasteiger partial charge < -0.3 is 9.88 Å². The summed E-state index contributed by atoms with van der Waals surface area (Å²) in [6, 6.07) is 10.0. The lowest BCUT2D eigenvalue weighted by Crippen LogP contribution is -2.60. The van der Waals surface area contributed by atoms with Crippen LogP contribution in [-0.4, -0.2) is 17.2 Å². The Morgan fingerprint density at radius 3 is 2.82 bits per heavy atom. The minimum atomic E-state index is -0.178. The van der Waals surface area contributed by atoms with Gasteiger partial charge in [0.15, 0.2) is 0 Å². The Morgan fingerprint density at radius 2 is 2.06 bits per heavy atom. The molecule has 0 unspecified atom stereocenters. The first-order valence-electron chi connectivity index (χ1n) is 5.70. The van der Waals surface area contributed by atoms with Gasteiger partial charge in [0.25, 0.3) is 0 Å². The second-order valence-corrected chi connectivity index (χ2v) is 4.78. The van der Waals surface area contributed by atoms with Crippen molar-refractivity contribution in [1.29, 1.82) is 0 Å². The molecule has 1 aliphatic rings. The third kappa shape index (κ3) is 1.72. The number of fused-ring (bicyclic) bond motifs is 1. The Bertz CT molecular complexity index is 524. The van der Waals surface area contributed by atoms with Crippen molar-refractivity contribution in [1.82, 2.24) is 15.4 Å². The van der Waals surface area contributed by atoms with Gasteiger partial charge in [-0.2, -0.15) is 5.10 Å². The maximum absolute atomic E-state index is 5.93. The maximum atomic E-state index is 5.93. The van der Waals surface area contributed by atoms with Crippen LogP contribution < -0.4 is 15.5 Å². The number of rotatable bonds is 1. The summed E-state index contributed by atoms with van der Waals surface area (Å²) in [5.74, 6) is 0.927. The fourth-order valence-electron chi connectivity index (χ4n) is 2.20. The Kier molecular flexibility index (Phi) is 2.23. The SMILES string of the molecule is CC1(C)NB(c2ccn[nH]2)Oc2ccccc21. The number of H-pyrrole nitrogens is 1. The molecule has 1 aromatic carbocycles. The maximum Gasteiger partial charge on any atom is 0.502 e. The second-order valence-electron chi connectivity index (χ2n) is 4.78. The Balaban J connectivity index is 2.02. The molecule has 3 rings (SSSR count). The number of hydrogen-bond donors (Lipinski definition) is 2. The van der Waals surface area contributed by atoms with Crippen molar-refractivity contribution in [2.24, 2.45) is 0 Å². The van der Waals surface area contributed by atoms with Crippen LogP contribution >= 0.6 is 0 Å². The lowest BCUT2D eigenvalue weighted by atomic mass is 9.71. The highest BCUT2D eigenvalue weighted by Crippen LogP contribution is 2.32. The topological polar surface area (TPSA) is 49.9 Å². The zero-order valence-electron chi connectivity index (χ0n) is 9.90. The van der Waals surface area contributed by atoms with E-state index < -0.39 is 0 Å². The van der Waals surface area contributed by atoms with Crippen molar-refractivity contribution >= 4 is 12.6 Å². The summed E-state index contributed by atoms with van der Waals surface area (Å²) < 4.78 is 5.93. The lowest BCUT2D eigenvalue weighted by molar-refractivity contribution is 0.398. The zero-order valence-corrected chi connectivity index (χ0v) is 9.90. The largest absolute Gasteiger partial charge is 0.541 e. The number of para-hydroxylation sites is 1. The Hall–Kier alpha value is -1.75. The molecule has 0 aliphatic carbocycles. The fraction of sp³-hybridized carbons (Fsp3) is 0.250. The molecule has 0 fully saturated rings. The number of nitrogens with one attached hydrogen (secondary N) is 2. The number of nitrogens with zero attached hydrogens (tertiary/aromatic N) is 1. The van der Waals surface area contributed by atoms with Gasteiger partial charge >= 0.3 is 7.05 Å². The van der Waals surface area contributed by atoms with Crippen molar-refractivity contribution in [3.8, 4) is 5.75 Å². The summed E-state index contributed by atoms with van der Waals surface area (Å²) in [6.07, 6.45) is 1.73. The highest BCUT2D eigenvalue weighted by Gasteiger charge is 2.38. The molecule has 2 N–H and O–H groups in total. The molecule has 1 aliphatic heterocycles. The van der Waals surface area contributed by atoms with Crippen molar-refractivity contribution in [3.05, 3.63) is 42.1 Å². The minimum Gasteiger partial charge on any atom is -0.541 e. The molecular weight excluding hydrogens is 213 g/mol. The first-order valence-corrected chi connectivity index (χ1v) is 5.70. The van der Waals surface area contributed by atoms with Crippen LogP contribution in [0.4, 0.5) is 0 Å². The molecule has 0 amide bonds. The lowest BCUT2D eigenvalue weighted by Gasteiger charge is -2.36. The van der Waals surface area contributed by atoms with Crippen molar-refractivity contribution in [2.45, 2.75) is 19.4 Å². The molecule has 2 aromatic rings. The van der Waals surface area contributed by atoms with Gasteiger partial charge in [0, 0.05) is 17.3 Å². The van der Waals surface area contributed by atoms with E-state index in [-0.39, 0.29) is 12.6 Å². The minimum absolute atomic E-state index is 0.120. The average molecular weight is 227 g/mol. The van der Waals surface area contributed by atoms with Gasteiger partial charge in [-0.3, -0.25) is 5.10 Å². The number of aromatic nitrogens is 2. The van der Waals surface area contributed by atoms with E-state index in [0.717, 1.165) is 11.3 Å². The normalized spacial score (nSPS) is 17.4. The van der Waals surface area contributed by atoms with Crippen LogP contribution in [0.25, 0.3) is 0 Å². The molecule has 4 nitrogen and oxygen atoms in total. The Labute approximate surface area is 101 Å². The monoisotopic (exact) mass is 227 g/mol. The van der Waals surface area contributed by atoms with Crippen molar-refractivity contribution in [2.75, 3.05) is 0 Å². The van der Waals surface area contributed by atoms with Crippen LogP contribution in [0.1, 0.15) is 19.4 Å². The summed E-state index contributed by atoms with van der Waals surface area (Å²) >= 11 is 0. The van der Waals surface area contributed by atoms with Gasteiger partial charge in [-0.05, 0) is 26.0 Å². The molecule has 0 radical (unpaired) electrons. The van der Waals surface area contributed by atoms with Crippen molar-refractivity contribution in [3.63, 3.8) is 0 Å². The molecule has 5 heteroatoms. The summed E-state index contributed by atoms with van der Waals surface area (Å²) in [6.45, 7) is 4.30. The number of hydrogen-bond acceptors (Lipinski definition) is 3. The van der Waals surface area contributed by atoms with Crippen LogP contribution in [0.15, 0.2) is 36.5 Å². The van der Waals surface area contributed by atoms with E-state index >= 15 is 0 Å². The van der Waals surface area contributed by atoms with Crippen LogP contribution in [-0.2, 0) is 5.54 Å². The third-order valence-electron chi connectivity index (χ3n) is 3.10. The van der Waals surface area contributed by atoms with Gasteiger partial charge in [-0.15, -0.1) is 0 Å². The molecule has 2 heterocycles. The molecule has 0 bridgehead atoms. The van der Waals surface area contributed by atoms with Gasteiger partial charge in [-0.25, -0.2) is 0 Å². The summed E-state index contributed by atoms with van der Waals surface area (Å²) in [7, 11) is -0.178. The first kappa shape index (κ1) is 10.4. The van der Waals surface area contributed by atoms with E-state index in [1.165, 1.54) is 5.56 Å². The van der Waals surface area contributed by atoms with Gasteiger partial charge in [0.2, 0.25) is 0 Å². The molecule has 0 saturated carbocycles. The standard InChI is InChI=1S/C12H14BN3O/c1-12(2)9-5-3-4-6-10(9)17-13(16-12)11-7-8-14-15-11/h3-8,16H,1-2H3,(H,14,15). The smallest absolute Gasteiger partial charge is 0.502 e. The molecular formula is C12H14BN3O. The Morgan fingerprint density at radius 1 is 1.24 bits per heavy atom. The van der Waals surface area contributed by atoms with E-state index in [4.69, 9.17) is 4.65 Å². The van der Waals surface area contributed by atoms with E-state index in [0.29, 0.717) is 0 Å². The summed E-state index contributed by atoms with van der Waals surface area (Å²) in [5, 5.41) is 10.4. The second kappa shape index (κ2) is 3.63. The van der Waals surface area contributed by atoms with Gasteiger partial charge in [0.05, 0.1) is 5.59 Å². The van der Waals surface area contributed by atoms with Crippen LogP contribution in [0.5, 0.6) is 5.75 Å². The van der Waals surface area contributed by atoms with Gasteiger partial charge in [-0.1, -0.05) is 18.2 Å². The van der Waals surface area contributed by atoms with E-state index in [9.17, 15) is 0 Å². The van der Waals surface area contributed by atoms with E-state index in [2.05, 4.69) is 35.3 Å². The molecule has 1 aromatic heterocycles. The van der Waals surface area contributed by atoms with Gasteiger partial charge in [0.1, 0.15) is 5.75 Å². The molecule has 0 saturated heterocycles. The molecule has 0 atom stereocenters. The predicted octanol–water partition coefficient (Wildman–Crippen LogP) is 1.02. The predicted molar refractivity (Wildman–Crippen MR) is 67.2 cm³/mol. The highest BCUT2D eigenvalue weighted by molar-refractivity contribution is 6.65. The van der Waals surface area contributed by atoms with Crippen LogP contribution in [0.3, 0.4) is 0 Å². The van der Waals surface area contributed by atoms with Crippen molar-refractivity contribution < 1.29 is 4.65 Å². The fourth-order valence-corrected chi connectivity index (χ4v) is 2.20. The zero-order chi connectivity index (χ0) is 11.9. The third-order valence-corrected chi connectivity index (χ3v) is 3.10. The average Bonchev–Trinajstić information content (AvgIpc) is 2.81. The van der Waals surface area contributed by atoms with Crippen LogP contribution in [0.2, 0.25) is 0 Å². The number of aromatic amines is 1. The molecule has 17 heavy (non-hydrogen) atoms. The molecule has 86 valence electrons. The van der Waals surface area contributed by atoms with Crippen LogP contribution in [0, 0.1) is 0 Å². The van der Waals surface area contributed by atoms with E-state index in [1.807, 2.05) is 24.3 Å². The molecule has 0 spiro atoms. The van der Waals surface area contributed by atoms with E-state index in [1.54, 1.807) is 6.20 Å².